The summed E-state index contributed by atoms with van der Waals surface area (Å²) in [7, 11) is 1.56. The van der Waals surface area contributed by atoms with Crippen LogP contribution in [0.5, 0.6) is 5.75 Å². The highest BCUT2D eigenvalue weighted by Crippen LogP contribution is 2.32. The van der Waals surface area contributed by atoms with Gasteiger partial charge in [0, 0.05) is 24.3 Å². The molecule has 0 aliphatic heterocycles. The van der Waals surface area contributed by atoms with Crippen LogP contribution in [0.3, 0.4) is 0 Å². The second kappa shape index (κ2) is 12.1. The van der Waals surface area contributed by atoms with Crippen molar-refractivity contribution in [2.24, 2.45) is 0 Å². The average molecular weight is 575 g/mol. The maximum absolute atomic E-state index is 13.7. The van der Waals surface area contributed by atoms with Crippen molar-refractivity contribution >= 4 is 60.7 Å². The van der Waals surface area contributed by atoms with E-state index in [-0.39, 0.29) is 23.2 Å². The zero-order valence-corrected chi connectivity index (χ0v) is 24.3. The molecule has 0 aliphatic rings. The summed E-state index contributed by atoms with van der Waals surface area (Å²) < 4.78 is 34.5. The van der Waals surface area contributed by atoms with Gasteiger partial charge in [0.05, 0.1) is 22.2 Å². The maximum atomic E-state index is 13.7. The number of hydrogen-bond acceptors (Lipinski definition) is 7. The molecule has 0 saturated carbocycles. The second-order valence-corrected chi connectivity index (χ2v) is 11.7. The number of anilines is 2. The molecule has 1 aromatic heterocycles. The first kappa shape index (κ1) is 29.4. The number of fused-ring (bicyclic) bond motifs is 1. The highest BCUT2D eigenvalue weighted by molar-refractivity contribution is 7.92. The zero-order valence-electron chi connectivity index (χ0n) is 21.9. The van der Waals surface area contributed by atoms with Crippen molar-refractivity contribution in [2.45, 2.75) is 18.7 Å². The molecule has 38 heavy (non-hydrogen) atoms. The van der Waals surface area contributed by atoms with Gasteiger partial charge in [-0.1, -0.05) is 17.4 Å². The van der Waals surface area contributed by atoms with E-state index < -0.39 is 10.0 Å². The normalized spacial score (nSPS) is 11.3. The molecule has 1 amide bonds. The Morgan fingerprint density at radius 1 is 1.00 bits per heavy atom. The Labute approximate surface area is 233 Å². The number of likely N-dealkylation sites (N-methyl/N-ethyl adjacent to an activating group) is 1. The smallest absolute Gasteiger partial charge is 0.261 e. The monoisotopic (exact) mass is 574 g/mol. The summed E-state index contributed by atoms with van der Waals surface area (Å²) in [5, 5.41) is 0.607. The number of nitrogens with one attached hydrogen (secondary N) is 1. The Morgan fingerprint density at radius 3 is 2.34 bits per heavy atom. The first-order valence-corrected chi connectivity index (χ1v) is 14.0. The van der Waals surface area contributed by atoms with Crippen LogP contribution in [0.15, 0.2) is 65.6 Å². The largest absolute Gasteiger partial charge is 0.497 e. The molecule has 0 aliphatic carbocycles. The number of benzene rings is 3. The van der Waals surface area contributed by atoms with E-state index in [0.29, 0.717) is 35.2 Å². The van der Waals surface area contributed by atoms with Gasteiger partial charge in [0.25, 0.3) is 15.9 Å². The van der Waals surface area contributed by atoms with Gasteiger partial charge >= 0.3 is 0 Å². The van der Waals surface area contributed by atoms with E-state index in [4.69, 9.17) is 9.72 Å². The number of nitrogens with zero attached hydrogens (tertiary/aromatic N) is 3. The summed E-state index contributed by atoms with van der Waals surface area (Å²) in [5.74, 6) is 0.310. The lowest BCUT2D eigenvalue weighted by atomic mass is 10.1. The molecule has 0 fully saturated rings. The van der Waals surface area contributed by atoms with E-state index in [1.54, 1.807) is 41.3 Å². The minimum atomic E-state index is -3.85. The number of aromatic nitrogens is 1. The number of rotatable bonds is 9. The van der Waals surface area contributed by atoms with Crippen molar-refractivity contribution in [1.82, 2.24) is 9.88 Å². The number of halogens is 1. The third kappa shape index (κ3) is 6.63. The van der Waals surface area contributed by atoms with Gasteiger partial charge in [0.15, 0.2) is 5.13 Å². The molecule has 11 heteroatoms. The highest BCUT2D eigenvalue weighted by atomic mass is 35.5. The highest BCUT2D eigenvalue weighted by Gasteiger charge is 2.23. The van der Waals surface area contributed by atoms with Crippen LogP contribution in [-0.2, 0) is 10.0 Å². The van der Waals surface area contributed by atoms with Gasteiger partial charge in [-0.25, -0.2) is 13.4 Å². The number of amides is 1. The first-order valence-electron chi connectivity index (χ1n) is 11.7. The fourth-order valence-electron chi connectivity index (χ4n) is 3.71. The topological polar surface area (TPSA) is 91.8 Å². The molecule has 4 aromatic rings. The van der Waals surface area contributed by atoms with Gasteiger partial charge in [-0.2, -0.15) is 0 Å². The molecule has 0 spiro atoms. The molecule has 0 atom stereocenters. The third-order valence-corrected chi connectivity index (χ3v) is 8.41. The number of thiazole rings is 1. The lowest BCUT2D eigenvalue weighted by Gasteiger charge is -2.22. The molecule has 8 nitrogen and oxygen atoms in total. The van der Waals surface area contributed by atoms with Crippen molar-refractivity contribution in [3.8, 4) is 5.75 Å². The van der Waals surface area contributed by atoms with Gasteiger partial charge < -0.3 is 9.64 Å². The number of carbonyl (C=O) groups excluding carboxylic acids is 1. The quantitative estimate of drug-likeness (QED) is 0.290. The molecular formula is C27H31ClN4O4S2. The minimum absolute atomic E-state index is 0. The predicted octanol–water partition coefficient (Wildman–Crippen LogP) is 5.35. The minimum Gasteiger partial charge on any atom is -0.497 e. The molecule has 0 unspecified atom stereocenters. The van der Waals surface area contributed by atoms with Crippen molar-refractivity contribution < 1.29 is 17.9 Å². The summed E-state index contributed by atoms with van der Waals surface area (Å²) in [6, 6.07) is 16.7. The average Bonchev–Trinajstić information content (AvgIpc) is 3.26. The van der Waals surface area contributed by atoms with Crippen LogP contribution in [0.2, 0.25) is 0 Å². The standard InChI is InChI=1S/C27H30N4O4S2.ClH/c1-18-15-24-25(16-19(18)2)36-27(28-24)31(14-13-30(3)4)26(32)20-7-6-8-21(17-20)29-37(33,34)23-11-9-22(35-5)10-12-23;/h6-12,15-17,29H,13-14H2,1-5H3;1H. The summed E-state index contributed by atoms with van der Waals surface area (Å²) >= 11 is 1.47. The van der Waals surface area contributed by atoms with Gasteiger partial charge in [0.1, 0.15) is 5.75 Å². The summed E-state index contributed by atoms with van der Waals surface area (Å²) in [4.78, 5) is 22.2. The van der Waals surface area contributed by atoms with E-state index in [9.17, 15) is 13.2 Å². The molecule has 3 aromatic carbocycles. The van der Waals surface area contributed by atoms with Crippen LogP contribution < -0.4 is 14.4 Å². The second-order valence-electron chi connectivity index (χ2n) is 9.02. The number of hydrogen-bond donors (Lipinski definition) is 1. The Bertz CT molecular complexity index is 1500. The van der Waals surface area contributed by atoms with Crippen molar-refractivity contribution in [1.29, 1.82) is 0 Å². The fourth-order valence-corrected chi connectivity index (χ4v) is 5.83. The number of ether oxygens (including phenoxy) is 1. The molecule has 202 valence electrons. The maximum Gasteiger partial charge on any atom is 0.261 e. The van der Waals surface area contributed by atoms with Gasteiger partial charge in [-0.05, 0) is 93.7 Å². The lowest BCUT2D eigenvalue weighted by Crippen LogP contribution is -2.36. The Morgan fingerprint density at radius 2 is 1.68 bits per heavy atom. The molecular weight excluding hydrogens is 544 g/mol. The van der Waals surface area contributed by atoms with E-state index in [1.165, 1.54) is 36.1 Å². The van der Waals surface area contributed by atoms with Crippen molar-refractivity contribution in [2.75, 3.05) is 43.9 Å². The first-order chi connectivity index (χ1) is 17.6. The SMILES string of the molecule is COc1ccc(S(=O)(=O)Nc2cccc(C(=O)N(CCN(C)C)c3nc4cc(C)c(C)cc4s3)c2)cc1.Cl. The van der Waals surface area contributed by atoms with Crippen LogP contribution in [0.4, 0.5) is 10.8 Å². The number of methoxy groups -OCH3 is 1. The molecule has 0 radical (unpaired) electrons. The third-order valence-electron chi connectivity index (χ3n) is 5.97. The van der Waals surface area contributed by atoms with E-state index in [1.807, 2.05) is 32.0 Å². The van der Waals surface area contributed by atoms with Gasteiger partial charge in [-0.15, -0.1) is 12.4 Å². The van der Waals surface area contributed by atoms with Crippen LogP contribution in [0, 0.1) is 13.8 Å². The van der Waals surface area contributed by atoms with Crippen LogP contribution >= 0.6 is 23.7 Å². The van der Waals surface area contributed by atoms with Crippen LogP contribution in [-0.4, -0.2) is 58.5 Å². The van der Waals surface area contributed by atoms with E-state index in [2.05, 4.69) is 17.7 Å². The zero-order chi connectivity index (χ0) is 26.7. The number of carbonyl (C=O) groups is 1. The van der Waals surface area contributed by atoms with Gasteiger partial charge in [0.2, 0.25) is 0 Å². The Balaban J connectivity index is 0.00000400. The molecule has 1 N–H and O–H groups in total. The van der Waals surface area contributed by atoms with Crippen LogP contribution in [0.1, 0.15) is 21.5 Å². The van der Waals surface area contributed by atoms with Crippen molar-refractivity contribution in [3.05, 3.63) is 77.4 Å². The van der Waals surface area contributed by atoms with E-state index in [0.717, 1.165) is 15.8 Å². The Hall–Kier alpha value is -3.18. The summed E-state index contributed by atoms with van der Waals surface area (Å²) in [5.41, 5.74) is 3.83. The van der Waals surface area contributed by atoms with Crippen molar-refractivity contribution in [3.63, 3.8) is 0 Å². The summed E-state index contributed by atoms with van der Waals surface area (Å²) in [6.07, 6.45) is 0. The summed E-state index contributed by atoms with van der Waals surface area (Å²) in [6.45, 7) is 5.18. The molecule has 0 bridgehead atoms. The molecule has 4 rings (SSSR count). The van der Waals surface area contributed by atoms with E-state index >= 15 is 0 Å². The lowest BCUT2D eigenvalue weighted by molar-refractivity contribution is 0.0985. The van der Waals surface area contributed by atoms with Gasteiger partial charge in [-0.3, -0.25) is 14.4 Å². The Kier molecular flexibility index (Phi) is 9.37. The number of aryl methyl sites for hydroxylation is 2. The fraction of sp³-hybridized carbons (Fsp3) is 0.259. The van der Waals surface area contributed by atoms with Crippen LogP contribution in [0.25, 0.3) is 10.2 Å². The molecule has 1 heterocycles. The predicted molar refractivity (Wildman–Crippen MR) is 157 cm³/mol. The number of sulfonamides is 1. The molecule has 0 saturated heterocycles.